The smallest absolute Gasteiger partial charge is 0.332 e. The molecule has 0 saturated heterocycles. The molecular weight excluding hydrogens is 212 g/mol. The van der Waals surface area contributed by atoms with Crippen LogP contribution >= 0.6 is 0 Å². The summed E-state index contributed by atoms with van der Waals surface area (Å²) in [7, 11) is 0. The minimum atomic E-state index is -1.39. The Hall–Kier alpha value is -1.75. The summed E-state index contributed by atoms with van der Waals surface area (Å²) in [6.07, 6.45) is -1.32. The number of aliphatic carboxylic acids is 1. The first-order valence-electron chi connectivity index (χ1n) is 4.88. The summed E-state index contributed by atoms with van der Waals surface area (Å²) in [6.45, 7) is 2.02. The van der Waals surface area contributed by atoms with E-state index in [4.69, 9.17) is 14.6 Å². The lowest BCUT2D eigenvalue weighted by atomic mass is 10.0. The van der Waals surface area contributed by atoms with E-state index in [9.17, 15) is 9.90 Å². The van der Waals surface area contributed by atoms with E-state index in [1.807, 2.05) is 6.92 Å². The van der Waals surface area contributed by atoms with Crippen molar-refractivity contribution >= 4 is 5.97 Å². The number of aryl methyl sites for hydroxylation is 1. The van der Waals surface area contributed by atoms with Gasteiger partial charge in [0.25, 0.3) is 0 Å². The van der Waals surface area contributed by atoms with Crippen molar-refractivity contribution in [3.8, 4) is 11.5 Å². The van der Waals surface area contributed by atoms with Crippen LogP contribution in [0.25, 0.3) is 0 Å². The van der Waals surface area contributed by atoms with E-state index in [0.717, 1.165) is 11.1 Å². The van der Waals surface area contributed by atoms with Crippen LogP contribution < -0.4 is 9.47 Å². The van der Waals surface area contributed by atoms with Crippen molar-refractivity contribution in [2.45, 2.75) is 19.4 Å². The molecule has 5 nitrogen and oxygen atoms in total. The van der Waals surface area contributed by atoms with Crippen LogP contribution in [0, 0.1) is 6.92 Å². The maximum Gasteiger partial charge on any atom is 0.332 e. The molecule has 0 aromatic heterocycles. The van der Waals surface area contributed by atoms with Crippen molar-refractivity contribution in [1.29, 1.82) is 0 Å². The lowest BCUT2D eigenvalue weighted by molar-refractivity contribution is -0.146. The largest absolute Gasteiger partial charge is 0.479 e. The van der Waals surface area contributed by atoms with Gasteiger partial charge in [0.1, 0.15) is 0 Å². The number of rotatable bonds is 3. The summed E-state index contributed by atoms with van der Waals surface area (Å²) in [5, 5.41) is 17.9. The van der Waals surface area contributed by atoms with Crippen LogP contribution in [0.2, 0.25) is 0 Å². The highest BCUT2D eigenvalue weighted by molar-refractivity contribution is 5.72. The predicted molar refractivity (Wildman–Crippen MR) is 54.6 cm³/mol. The molecule has 1 aliphatic rings. The van der Waals surface area contributed by atoms with Crippen molar-refractivity contribution in [2.24, 2.45) is 0 Å². The SMILES string of the molecule is Cc1cc2c(cc1CC(O)C(=O)O)OCO2. The van der Waals surface area contributed by atoms with E-state index >= 15 is 0 Å². The number of hydrogen-bond acceptors (Lipinski definition) is 4. The molecule has 1 atom stereocenters. The van der Waals surface area contributed by atoms with Gasteiger partial charge >= 0.3 is 5.97 Å². The zero-order valence-electron chi connectivity index (χ0n) is 8.77. The molecule has 0 bridgehead atoms. The molecule has 0 amide bonds. The average Bonchev–Trinajstić information content (AvgIpc) is 2.65. The second kappa shape index (κ2) is 4.02. The van der Waals surface area contributed by atoms with Gasteiger partial charge in [0.05, 0.1) is 0 Å². The van der Waals surface area contributed by atoms with Crippen molar-refractivity contribution < 1.29 is 24.5 Å². The molecule has 2 rings (SSSR count). The summed E-state index contributed by atoms with van der Waals surface area (Å²) >= 11 is 0. The molecule has 1 unspecified atom stereocenters. The Bertz CT molecular complexity index is 427. The molecule has 0 aliphatic carbocycles. The number of aliphatic hydroxyl groups excluding tert-OH is 1. The van der Waals surface area contributed by atoms with Gasteiger partial charge in [0.15, 0.2) is 17.6 Å². The van der Waals surface area contributed by atoms with Gasteiger partial charge in [-0.25, -0.2) is 4.79 Å². The standard InChI is InChI=1S/C11H12O5/c1-6-2-9-10(16-5-15-9)4-7(6)3-8(12)11(13)14/h2,4,8,12H,3,5H2,1H3,(H,13,14). The molecule has 5 heteroatoms. The molecule has 0 spiro atoms. The number of ether oxygens (including phenoxy) is 2. The van der Waals surface area contributed by atoms with Crippen molar-refractivity contribution in [3.05, 3.63) is 23.3 Å². The zero-order chi connectivity index (χ0) is 11.7. The van der Waals surface area contributed by atoms with Gasteiger partial charge in [-0.3, -0.25) is 0 Å². The zero-order valence-corrected chi connectivity index (χ0v) is 8.77. The van der Waals surface area contributed by atoms with Crippen LogP contribution in [0.5, 0.6) is 11.5 Å². The fourth-order valence-electron chi connectivity index (χ4n) is 1.60. The van der Waals surface area contributed by atoms with Gasteiger partial charge in [-0.1, -0.05) is 0 Å². The lowest BCUT2D eigenvalue weighted by Gasteiger charge is -2.09. The van der Waals surface area contributed by atoms with Crippen LogP contribution in [-0.4, -0.2) is 29.1 Å². The predicted octanol–water partition coefficient (Wildman–Crippen LogP) is 0.712. The van der Waals surface area contributed by atoms with Crippen molar-refractivity contribution in [3.63, 3.8) is 0 Å². The van der Waals surface area contributed by atoms with E-state index in [2.05, 4.69) is 0 Å². The Morgan fingerprint density at radius 3 is 2.69 bits per heavy atom. The van der Waals surface area contributed by atoms with Crippen LogP contribution in [0.3, 0.4) is 0 Å². The fourth-order valence-corrected chi connectivity index (χ4v) is 1.60. The molecule has 1 aliphatic heterocycles. The number of carbonyl (C=O) groups is 1. The minimum Gasteiger partial charge on any atom is -0.479 e. The third-order valence-corrected chi connectivity index (χ3v) is 2.53. The molecule has 0 radical (unpaired) electrons. The van der Waals surface area contributed by atoms with Crippen LogP contribution in [-0.2, 0) is 11.2 Å². The summed E-state index contributed by atoms with van der Waals surface area (Å²) < 4.78 is 10.4. The number of fused-ring (bicyclic) bond motifs is 1. The normalized spacial score (nSPS) is 14.9. The molecule has 0 fully saturated rings. The number of hydrogen-bond donors (Lipinski definition) is 2. The van der Waals surface area contributed by atoms with E-state index in [1.165, 1.54) is 0 Å². The monoisotopic (exact) mass is 224 g/mol. The summed E-state index contributed by atoms with van der Waals surface area (Å²) in [5.41, 5.74) is 1.63. The molecule has 1 aromatic carbocycles. The highest BCUT2D eigenvalue weighted by atomic mass is 16.7. The van der Waals surface area contributed by atoms with E-state index in [0.29, 0.717) is 11.5 Å². The Labute approximate surface area is 92.2 Å². The van der Waals surface area contributed by atoms with Gasteiger partial charge in [0.2, 0.25) is 6.79 Å². The van der Waals surface area contributed by atoms with Crippen LogP contribution in [0.1, 0.15) is 11.1 Å². The minimum absolute atomic E-state index is 0.0673. The lowest BCUT2D eigenvalue weighted by Crippen LogP contribution is -2.22. The maximum atomic E-state index is 10.5. The van der Waals surface area contributed by atoms with E-state index in [1.54, 1.807) is 12.1 Å². The Morgan fingerprint density at radius 1 is 1.44 bits per heavy atom. The Balaban J connectivity index is 2.25. The summed E-state index contributed by atoms with van der Waals surface area (Å²) in [4.78, 5) is 10.5. The van der Waals surface area contributed by atoms with Gasteiger partial charge < -0.3 is 19.7 Å². The first-order valence-corrected chi connectivity index (χ1v) is 4.88. The highest BCUT2D eigenvalue weighted by Crippen LogP contribution is 2.34. The Morgan fingerprint density at radius 2 is 2.06 bits per heavy atom. The quantitative estimate of drug-likeness (QED) is 0.790. The average molecular weight is 224 g/mol. The summed E-state index contributed by atoms with van der Waals surface area (Å²) in [6, 6.07) is 3.50. The molecule has 0 saturated carbocycles. The maximum absolute atomic E-state index is 10.5. The third-order valence-electron chi connectivity index (χ3n) is 2.53. The number of benzene rings is 1. The highest BCUT2D eigenvalue weighted by Gasteiger charge is 2.19. The van der Waals surface area contributed by atoms with E-state index < -0.39 is 12.1 Å². The first kappa shape index (κ1) is 10.8. The van der Waals surface area contributed by atoms with E-state index in [-0.39, 0.29) is 13.2 Å². The van der Waals surface area contributed by atoms with Gasteiger partial charge in [-0.15, -0.1) is 0 Å². The fraction of sp³-hybridized carbons (Fsp3) is 0.364. The third kappa shape index (κ3) is 1.94. The number of aliphatic hydroxyl groups is 1. The molecule has 2 N–H and O–H groups in total. The molecule has 86 valence electrons. The topological polar surface area (TPSA) is 76.0 Å². The number of carboxylic acids is 1. The van der Waals surface area contributed by atoms with Gasteiger partial charge in [0, 0.05) is 6.42 Å². The Kier molecular flexibility index (Phi) is 2.70. The van der Waals surface area contributed by atoms with Crippen LogP contribution in [0.4, 0.5) is 0 Å². The molecule has 1 heterocycles. The summed E-state index contributed by atoms with van der Waals surface area (Å²) in [5.74, 6) is 0.0290. The van der Waals surface area contributed by atoms with Crippen LogP contribution in [0.15, 0.2) is 12.1 Å². The first-order chi connectivity index (χ1) is 7.58. The van der Waals surface area contributed by atoms with Gasteiger partial charge in [-0.05, 0) is 30.2 Å². The molecule has 16 heavy (non-hydrogen) atoms. The second-order valence-corrected chi connectivity index (χ2v) is 3.69. The number of carboxylic acid groups (broad SMARTS) is 1. The molecule has 1 aromatic rings. The van der Waals surface area contributed by atoms with Gasteiger partial charge in [-0.2, -0.15) is 0 Å². The van der Waals surface area contributed by atoms with Crippen molar-refractivity contribution in [2.75, 3.05) is 6.79 Å². The molecular formula is C11H12O5. The second-order valence-electron chi connectivity index (χ2n) is 3.69. The van der Waals surface area contributed by atoms with Crippen molar-refractivity contribution in [1.82, 2.24) is 0 Å².